The van der Waals surface area contributed by atoms with Crippen LogP contribution in [0.1, 0.15) is 13.3 Å². The Bertz CT molecular complexity index is 363. The Labute approximate surface area is 88.5 Å². The van der Waals surface area contributed by atoms with E-state index in [4.69, 9.17) is 0 Å². The van der Waals surface area contributed by atoms with Gasteiger partial charge in [-0.15, -0.1) is 0 Å². The van der Waals surface area contributed by atoms with E-state index in [0.717, 1.165) is 6.20 Å². The Hall–Kier alpha value is -1.40. The first-order valence-corrected chi connectivity index (χ1v) is 4.42. The minimum absolute atomic E-state index is 0.391. The number of nitrogens with zero attached hydrogens (tertiary/aromatic N) is 1. The zero-order valence-electron chi connectivity index (χ0n) is 8.28. The summed E-state index contributed by atoms with van der Waals surface area (Å²) >= 11 is 0. The van der Waals surface area contributed by atoms with Crippen LogP contribution in [0.5, 0.6) is 0 Å². The van der Waals surface area contributed by atoms with Gasteiger partial charge in [0.2, 0.25) is 0 Å². The molecule has 1 atom stereocenters. The molecule has 0 bridgehead atoms. The first-order valence-electron chi connectivity index (χ1n) is 4.42. The van der Waals surface area contributed by atoms with Crippen molar-refractivity contribution in [2.24, 2.45) is 0 Å². The van der Waals surface area contributed by atoms with Crippen molar-refractivity contribution in [3.8, 4) is 0 Å². The standard InChI is InChI=1S/C9H9F5N2/c1-5(3-9(12,13)14)16-8-7(11)2-6(10)4-15-8/h2,4-5H,3H2,1H3,(H,15,16). The molecule has 90 valence electrons. The molecule has 0 fully saturated rings. The predicted molar refractivity (Wildman–Crippen MR) is 47.9 cm³/mol. The SMILES string of the molecule is CC(CC(F)(F)F)Nc1ncc(F)cc1F. The largest absolute Gasteiger partial charge is 0.391 e. The highest BCUT2D eigenvalue weighted by atomic mass is 19.4. The van der Waals surface area contributed by atoms with Crippen LogP contribution >= 0.6 is 0 Å². The minimum Gasteiger partial charge on any atom is -0.365 e. The Morgan fingerprint density at radius 3 is 2.50 bits per heavy atom. The van der Waals surface area contributed by atoms with Crippen LogP contribution in [-0.4, -0.2) is 17.2 Å². The third-order valence-electron chi connectivity index (χ3n) is 1.73. The van der Waals surface area contributed by atoms with Gasteiger partial charge in [-0.25, -0.2) is 13.8 Å². The smallest absolute Gasteiger partial charge is 0.365 e. The van der Waals surface area contributed by atoms with Gasteiger partial charge in [-0.2, -0.15) is 13.2 Å². The van der Waals surface area contributed by atoms with E-state index in [0.29, 0.717) is 6.07 Å². The van der Waals surface area contributed by atoms with E-state index in [9.17, 15) is 22.0 Å². The van der Waals surface area contributed by atoms with Gasteiger partial charge in [0.05, 0.1) is 12.6 Å². The maximum atomic E-state index is 13.0. The molecule has 7 heteroatoms. The number of alkyl halides is 3. The number of rotatable bonds is 3. The van der Waals surface area contributed by atoms with E-state index in [2.05, 4.69) is 10.3 Å². The monoisotopic (exact) mass is 240 g/mol. The van der Waals surface area contributed by atoms with Gasteiger partial charge >= 0.3 is 6.18 Å². The number of nitrogens with one attached hydrogen (secondary N) is 1. The van der Waals surface area contributed by atoms with Crippen LogP contribution < -0.4 is 5.32 Å². The zero-order chi connectivity index (χ0) is 12.3. The fourth-order valence-electron chi connectivity index (χ4n) is 1.15. The van der Waals surface area contributed by atoms with E-state index < -0.39 is 36.1 Å². The molecular weight excluding hydrogens is 231 g/mol. The first-order chi connectivity index (χ1) is 7.28. The molecule has 0 aliphatic rings. The topological polar surface area (TPSA) is 24.9 Å². The van der Waals surface area contributed by atoms with Crippen molar-refractivity contribution >= 4 is 5.82 Å². The predicted octanol–water partition coefficient (Wildman–Crippen LogP) is 3.11. The molecule has 0 aromatic carbocycles. The molecule has 1 rings (SSSR count). The summed E-state index contributed by atoms with van der Waals surface area (Å²) in [5, 5.41) is 2.22. The van der Waals surface area contributed by atoms with Gasteiger partial charge in [-0.1, -0.05) is 0 Å². The molecule has 0 radical (unpaired) electrons. The summed E-state index contributed by atoms with van der Waals surface area (Å²) in [6, 6.07) is -0.484. The lowest BCUT2D eigenvalue weighted by Crippen LogP contribution is -2.24. The number of hydrogen-bond acceptors (Lipinski definition) is 2. The van der Waals surface area contributed by atoms with Gasteiger partial charge in [0, 0.05) is 12.1 Å². The fraction of sp³-hybridized carbons (Fsp3) is 0.444. The molecule has 1 N–H and O–H groups in total. The summed E-state index contributed by atoms with van der Waals surface area (Å²) in [4.78, 5) is 3.32. The summed E-state index contributed by atoms with van der Waals surface area (Å²) in [7, 11) is 0. The normalized spacial score (nSPS) is 13.6. The number of hydrogen-bond donors (Lipinski definition) is 1. The van der Waals surface area contributed by atoms with Crippen molar-refractivity contribution in [2.75, 3.05) is 5.32 Å². The molecule has 0 aliphatic heterocycles. The molecule has 16 heavy (non-hydrogen) atoms. The quantitative estimate of drug-likeness (QED) is 0.821. The molecule has 1 unspecified atom stereocenters. The summed E-state index contributed by atoms with van der Waals surface area (Å²) in [5.74, 6) is -2.29. The minimum atomic E-state index is -4.34. The number of pyridine rings is 1. The van der Waals surface area contributed by atoms with Crippen molar-refractivity contribution in [2.45, 2.75) is 25.6 Å². The average Bonchev–Trinajstić information content (AvgIpc) is 2.06. The highest BCUT2D eigenvalue weighted by Crippen LogP contribution is 2.23. The lowest BCUT2D eigenvalue weighted by molar-refractivity contribution is -0.136. The van der Waals surface area contributed by atoms with Crippen LogP contribution in [-0.2, 0) is 0 Å². The van der Waals surface area contributed by atoms with Crippen LogP contribution in [0.25, 0.3) is 0 Å². The van der Waals surface area contributed by atoms with Crippen molar-refractivity contribution in [3.63, 3.8) is 0 Å². The Morgan fingerprint density at radius 1 is 1.38 bits per heavy atom. The van der Waals surface area contributed by atoms with Crippen LogP contribution in [0.15, 0.2) is 12.3 Å². The Kier molecular flexibility index (Phi) is 3.66. The second-order valence-electron chi connectivity index (χ2n) is 3.35. The van der Waals surface area contributed by atoms with E-state index in [1.54, 1.807) is 0 Å². The maximum Gasteiger partial charge on any atom is 0.391 e. The van der Waals surface area contributed by atoms with Crippen molar-refractivity contribution in [1.82, 2.24) is 4.98 Å². The van der Waals surface area contributed by atoms with Gasteiger partial charge in [0.15, 0.2) is 11.6 Å². The molecule has 1 aromatic heterocycles. The van der Waals surface area contributed by atoms with Crippen LogP contribution in [0, 0.1) is 11.6 Å². The molecule has 0 amide bonds. The molecule has 2 nitrogen and oxygen atoms in total. The van der Waals surface area contributed by atoms with Gasteiger partial charge < -0.3 is 5.32 Å². The third kappa shape index (κ3) is 4.00. The lowest BCUT2D eigenvalue weighted by atomic mass is 10.2. The molecule has 1 heterocycles. The van der Waals surface area contributed by atoms with Gasteiger partial charge in [0.25, 0.3) is 0 Å². The Balaban J connectivity index is 2.66. The van der Waals surface area contributed by atoms with E-state index in [-0.39, 0.29) is 0 Å². The number of anilines is 1. The molecular formula is C9H9F5N2. The van der Waals surface area contributed by atoms with E-state index in [1.807, 2.05) is 0 Å². The average molecular weight is 240 g/mol. The third-order valence-corrected chi connectivity index (χ3v) is 1.73. The summed E-state index contributed by atoms with van der Waals surface area (Å²) in [5.41, 5.74) is 0. The zero-order valence-corrected chi connectivity index (χ0v) is 8.28. The first kappa shape index (κ1) is 12.7. The van der Waals surface area contributed by atoms with Crippen LogP contribution in [0.4, 0.5) is 27.8 Å². The summed E-state index contributed by atoms with van der Waals surface area (Å²) in [6.45, 7) is 1.23. The summed E-state index contributed by atoms with van der Waals surface area (Å²) in [6.07, 6.45) is -4.74. The van der Waals surface area contributed by atoms with Crippen molar-refractivity contribution in [1.29, 1.82) is 0 Å². The fourth-order valence-corrected chi connectivity index (χ4v) is 1.15. The van der Waals surface area contributed by atoms with Gasteiger partial charge in [-0.3, -0.25) is 0 Å². The summed E-state index contributed by atoms with van der Waals surface area (Å²) < 4.78 is 61.3. The number of halogens is 5. The van der Waals surface area contributed by atoms with Crippen molar-refractivity contribution in [3.05, 3.63) is 23.9 Å². The molecule has 0 saturated carbocycles. The molecule has 0 saturated heterocycles. The van der Waals surface area contributed by atoms with Crippen LogP contribution in [0.3, 0.4) is 0 Å². The molecule has 0 aliphatic carbocycles. The van der Waals surface area contributed by atoms with Gasteiger partial charge in [0.1, 0.15) is 5.82 Å². The van der Waals surface area contributed by atoms with Crippen LogP contribution in [0.2, 0.25) is 0 Å². The van der Waals surface area contributed by atoms with E-state index in [1.165, 1.54) is 6.92 Å². The maximum absolute atomic E-state index is 13.0. The van der Waals surface area contributed by atoms with Crippen molar-refractivity contribution < 1.29 is 22.0 Å². The lowest BCUT2D eigenvalue weighted by Gasteiger charge is -2.16. The van der Waals surface area contributed by atoms with Gasteiger partial charge in [-0.05, 0) is 6.92 Å². The van der Waals surface area contributed by atoms with E-state index >= 15 is 0 Å². The second-order valence-corrected chi connectivity index (χ2v) is 3.35. The second kappa shape index (κ2) is 4.63. The molecule has 1 aromatic rings. The Morgan fingerprint density at radius 2 is 2.00 bits per heavy atom. The highest BCUT2D eigenvalue weighted by molar-refractivity contribution is 5.36. The highest BCUT2D eigenvalue weighted by Gasteiger charge is 2.30. The number of aromatic nitrogens is 1. The molecule has 0 spiro atoms.